The molecule has 0 saturated heterocycles. The number of carbonyl (C=O) groups excluding carboxylic acids is 2. The summed E-state index contributed by atoms with van der Waals surface area (Å²) in [7, 11) is 1.61. The summed E-state index contributed by atoms with van der Waals surface area (Å²) in [6, 6.07) is 7.27. The molecule has 0 unspecified atom stereocenters. The van der Waals surface area contributed by atoms with Gasteiger partial charge >= 0.3 is 0 Å². The zero-order valence-electron chi connectivity index (χ0n) is 13.6. The van der Waals surface area contributed by atoms with E-state index in [9.17, 15) is 9.59 Å². The number of methoxy groups -OCH3 is 1. The predicted octanol–water partition coefficient (Wildman–Crippen LogP) is 4.44. The number of ketones is 2. The zero-order valence-corrected chi connectivity index (χ0v) is 13.6. The van der Waals surface area contributed by atoms with Gasteiger partial charge < -0.3 is 9.53 Å². The molecule has 1 rings (SSSR count). The molecule has 0 aliphatic heterocycles. The van der Waals surface area contributed by atoms with Gasteiger partial charge in [-0.2, -0.15) is 0 Å². The second kappa shape index (κ2) is 7.96. The van der Waals surface area contributed by atoms with Crippen molar-refractivity contribution in [2.24, 2.45) is 5.41 Å². The van der Waals surface area contributed by atoms with Gasteiger partial charge in [-0.3, -0.25) is 4.79 Å². The second-order valence-corrected chi connectivity index (χ2v) is 6.20. The monoisotopic (exact) mass is 290 g/mol. The van der Waals surface area contributed by atoms with Crippen LogP contribution in [0.1, 0.15) is 63.2 Å². The van der Waals surface area contributed by atoms with Crippen molar-refractivity contribution in [1.29, 1.82) is 0 Å². The Kier molecular flexibility index (Phi) is 6.60. The van der Waals surface area contributed by atoms with E-state index >= 15 is 0 Å². The number of rotatable bonds is 9. The quantitative estimate of drug-likeness (QED) is 0.498. The van der Waals surface area contributed by atoms with Gasteiger partial charge in [0.05, 0.1) is 7.11 Å². The molecule has 0 saturated carbocycles. The summed E-state index contributed by atoms with van der Waals surface area (Å²) in [5.41, 5.74) is 0.356. The number of Topliss-reactive ketones (excluding diaryl/α,β-unsaturated/α-hetero) is 2. The van der Waals surface area contributed by atoms with Gasteiger partial charge in [-0.25, -0.2) is 0 Å². The fourth-order valence-corrected chi connectivity index (χ4v) is 2.36. The lowest BCUT2D eigenvalue weighted by molar-refractivity contribution is -0.117. The van der Waals surface area contributed by atoms with E-state index in [2.05, 4.69) is 0 Å². The van der Waals surface area contributed by atoms with Gasteiger partial charge in [-0.05, 0) is 44.0 Å². The molecule has 0 atom stereocenters. The second-order valence-electron chi connectivity index (χ2n) is 6.20. The van der Waals surface area contributed by atoms with Gasteiger partial charge in [-0.15, -0.1) is 0 Å². The highest BCUT2D eigenvalue weighted by molar-refractivity contribution is 6.00. The van der Waals surface area contributed by atoms with Crippen LogP contribution in [0, 0.1) is 5.41 Å². The molecule has 0 spiro atoms. The molecule has 3 nitrogen and oxygen atoms in total. The van der Waals surface area contributed by atoms with Crippen molar-refractivity contribution >= 4 is 11.6 Å². The first-order valence-corrected chi connectivity index (χ1v) is 7.55. The fraction of sp³-hybridized carbons (Fsp3) is 0.556. The molecule has 0 aliphatic rings. The summed E-state index contributed by atoms with van der Waals surface area (Å²) in [6.07, 6.45) is 4.38. The van der Waals surface area contributed by atoms with E-state index in [4.69, 9.17) is 4.74 Å². The van der Waals surface area contributed by atoms with Crippen molar-refractivity contribution in [2.75, 3.05) is 7.11 Å². The molecule has 3 heteroatoms. The smallest absolute Gasteiger partial charge is 0.168 e. The van der Waals surface area contributed by atoms with E-state index in [1.54, 1.807) is 14.0 Å². The minimum absolute atomic E-state index is 0.164. The third-order valence-corrected chi connectivity index (χ3v) is 3.80. The molecule has 116 valence electrons. The van der Waals surface area contributed by atoms with Gasteiger partial charge in [0.15, 0.2) is 5.78 Å². The number of carbonyl (C=O) groups is 2. The summed E-state index contributed by atoms with van der Waals surface area (Å²) >= 11 is 0. The molecule has 0 radical (unpaired) electrons. The first kappa shape index (κ1) is 17.4. The van der Waals surface area contributed by atoms with Crippen LogP contribution in [-0.4, -0.2) is 18.7 Å². The number of benzene rings is 1. The Labute approximate surface area is 127 Å². The molecule has 0 N–H and O–H groups in total. The molecule has 0 amide bonds. The minimum Gasteiger partial charge on any atom is -0.497 e. The average molecular weight is 290 g/mol. The highest BCUT2D eigenvalue weighted by Crippen LogP contribution is 2.29. The van der Waals surface area contributed by atoms with Crippen molar-refractivity contribution in [1.82, 2.24) is 0 Å². The van der Waals surface area contributed by atoms with Crippen LogP contribution in [-0.2, 0) is 4.79 Å². The standard InChI is InChI=1S/C18H26O3/c1-14(19)8-6-5-7-13-18(2,3)17(20)15-9-11-16(21-4)12-10-15/h9-12H,5-8,13H2,1-4H3. The lowest BCUT2D eigenvalue weighted by atomic mass is 9.80. The topological polar surface area (TPSA) is 43.4 Å². The van der Waals surface area contributed by atoms with Crippen molar-refractivity contribution < 1.29 is 14.3 Å². The Bertz CT molecular complexity index is 472. The van der Waals surface area contributed by atoms with E-state index in [-0.39, 0.29) is 17.0 Å². The average Bonchev–Trinajstić information content (AvgIpc) is 2.45. The molecular weight excluding hydrogens is 264 g/mol. The highest BCUT2D eigenvalue weighted by Gasteiger charge is 2.27. The van der Waals surface area contributed by atoms with E-state index < -0.39 is 0 Å². The Morgan fingerprint density at radius 2 is 1.67 bits per heavy atom. The maximum atomic E-state index is 12.5. The van der Waals surface area contributed by atoms with Crippen LogP contribution in [0.5, 0.6) is 5.75 Å². The minimum atomic E-state index is -0.370. The van der Waals surface area contributed by atoms with Gasteiger partial charge in [0.2, 0.25) is 0 Å². The summed E-state index contributed by atoms with van der Waals surface area (Å²) in [5.74, 6) is 1.16. The number of ether oxygens (including phenoxy) is 1. The Hall–Kier alpha value is -1.64. The molecule has 0 aromatic heterocycles. The van der Waals surface area contributed by atoms with Crippen LogP contribution >= 0.6 is 0 Å². The normalized spacial score (nSPS) is 11.2. The van der Waals surface area contributed by atoms with Crippen molar-refractivity contribution in [3.63, 3.8) is 0 Å². The molecule has 1 aromatic rings. The van der Waals surface area contributed by atoms with Crippen molar-refractivity contribution in [3.05, 3.63) is 29.8 Å². The number of hydrogen-bond acceptors (Lipinski definition) is 3. The van der Waals surface area contributed by atoms with Crippen molar-refractivity contribution in [3.8, 4) is 5.75 Å². The van der Waals surface area contributed by atoms with Gasteiger partial charge in [-0.1, -0.05) is 26.7 Å². The molecule has 0 bridgehead atoms. The van der Waals surface area contributed by atoms with Crippen LogP contribution in [0.3, 0.4) is 0 Å². The van der Waals surface area contributed by atoms with E-state index in [1.807, 2.05) is 38.1 Å². The first-order valence-electron chi connectivity index (χ1n) is 7.55. The maximum Gasteiger partial charge on any atom is 0.168 e. The van der Waals surface area contributed by atoms with Gasteiger partial charge in [0, 0.05) is 17.4 Å². The molecule has 1 aromatic carbocycles. The summed E-state index contributed by atoms with van der Waals surface area (Å²) in [6.45, 7) is 5.60. The fourth-order valence-electron chi connectivity index (χ4n) is 2.36. The van der Waals surface area contributed by atoms with Crippen LogP contribution in [0.15, 0.2) is 24.3 Å². The molecule has 21 heavy (non-hydrogen) atoms. The van der Waals surface area contributed by atoms with E-state index in [0.29, 0.717) is 6.42 Å². The summed E-state index contributed by atoms with van der Waals surface area (Å²) in [4.78, 5) is 23.4. The van der Waals surface area contributed by atoms with E-state index in [1.165, 1.54) is 0 Å². The molecule has 0 aliphatic carbocycles. The van der Waals surface area contributed by atoms with Crippen LogP contribution in [0.2, 0.25) is 0 Å². The number of hydrogen-bond donors (Lipinski definition) is 0. The zero-order chi connectivity index (χ0) is 15.9. The van der Waals surface area contributed by atoms with Crippen molar-refractivity contribution in [2.45, 2.75) is 52.9 Å². The lowest BCUT2D eigenvalue weighted by Crippen LogP contribution is -2.24. The maximum absolute atomic E-state index is 12.5. The van der Waals surface area contributed by atoms with Crippen LogP contribution in [0.4, 0.5) is 0 Å². The van der Waals surface area contributed by atoms with Crippen LogP contribution < -0.4 is 4.74 Å². The largest absolute Gasteiger partial charge is 0.497 e. The van der Waals surface area contributed by atoms with E-state index in [0.717, 1.165) is 37.0 Å². The molecule has 0 heterocycles. The Morgan fingerprint density at radius 1 is 1.05 bits per heavy atom. The third-order valence-electron chi connectivity index (χ3n) is 3.80. The first-order chi connectivity index (χ1) is 9.86. The SMILES string of the molecule is COc1ccc(C(=O)C(C)(C)CCCCCC(C)=O)cc1. The van der Waals surface area contributed by atoms with Gasteiger partial charge in [0.1, 0.15) is 11.5 Å². The lowest BCUT2D eigenvalue weighted by Gasteiger charge is -2.23. The third kappa shape index (κ3) is 5.70. The Balaban J connectivity index is 2.51. The summed E-state index contributed by atoms with van der Waals surface area (Å²) in [5, 5.41) is 0. The predicted molar refractivity (Wildman–Crippen MR) is 84.9 cm³/mol. The number of unbranched alkanes of at least 4 members (excludes halogenated alkanes) is 2. The highest BCUT2D eigenvalue weighted by atomic mass is 16.5. The van der Waals surface area contributed by atoms with Gasteiger partial charge in [0.25, 0.3) is 0 Å². The van der Waals surface area contributed by atoms with Crippen LogP contribution in [0.25, 0.3) is 0 Å². The summed E-state index contributed by atoms with van der Waals surface area (Å²) < 4.78 is 5.11. The molecule has 0 fully saturated rings. The molecular formula is C18H26O3. The Morgan fingerprint density at radius 3 is 2.19 bits per heavy atom.